The number of rotatable bonds is 5. The third kappa shape index (κ3) is 5.55. The summed E-state index contributed by atoms with van der Waals surface area (Å²) >= 11 is 0. The van der Waals surface area contributed by atoms with Gasteiger partial charge in [-0.05, 0) is 51.3 Å². The highest BCUT2D eigenvalue weighted by Gasteiger charge is 2.39. The SMILES string of the molecule is C[C@H]1C[C@@H]1C(=O)Nc1ccc(F)cc1C(=O)NCC(=O)NC(C)(C)C. The zero-order valence-electron chi connectivity index (χ0n) is 14.9. The normalized spacial score (nSPS) is 19.1. The fourth-order valence-electron chi connectivity index (χ4n) is 2.44. The van der Waals surface area contributed by atoms with Gasteiger partial charge in [0, 0.05) is 11.5 Å². The second-order valence-electron chi connectivity index (χ2n) is 7.48. The van der Waals surface area contributed by atoms with Crippen LogP contribution in [0.4, 0.5) is 10.1 Å². The van der Waals surface area contributed by atoms with Crippen molar-refractivity contribution < 1.29 is 18.8 Å². The van der Waals surface area contributed by atoms with Gasteiger partial charge in [-0.25, -0.2) is 4.39 Å². The van der Waals surface area contributed by atoms with E-state index in [1.54, 1.807) is 0 Å². The van der Waals surface area contributed by atoms with Gasteiger partial charge in [-0.1, -0.05) is 6.92 Å². The summed E-state index contributed by atoms with van der Waals surface area (Å²) in [5.74, 6) is -1.50. The second kappa shape index (κ2) is 7.21. The van der Waals surface area contributed by atoms with E-state index in [0.717, 1.165) is 12.5 Å². The van der Waals surface area contributed by atoms with Gasteiger partial charge in [-0.15, -0.1) is 0 Å². The fourth-order valence-corrected chi connectivity index (χ4v) is 2.44. The van der Waals surface area contributed by atoms with Crippen LogP contribution in [0.1, 0.15) is 44.5 Å². The van der Waals surface area contributed by atoms with E-state index in [2.05, 4.69) is 16.0 Å². The monoisotopic (exact) mass is 349 g/mol. The summed E-state index contributed by atoms with van der Waals surface area (Å²) < 4.78 is 13.5. The highest BCUT2D eigenvalue weighted by atomic mass is 19.1. The molecule has 25 heavy (non-hydrogen) atoms. The van der Waals surface area contributed by atoms with E-state index in [4.69, 9.17) is 0 Å². The molecule has 0 radical (unpaired) electrons. The molecule has 6 nitrogen and oxygen atoms in total. The lowest BCUT2D eigenvalue weighted by Gasteiger charge is -2.20. The molecule has 0 aromatic heterocycles. The fraction of sp³-hybridized carbons (Fsp3) is 0.500. The smallest absolute Gasteiger partial charge is 0.253 e. The van der Waals surface area contributed by atoms with E-state index in [9.17, 15) is 18.8 Å². The summed E-state index contributed by atoms with van der Waals surface area (Å²) in [5.41, 5.74) is -0.190. The van der Waals surface area contributed by atoms with E-state index in [0.29, 0.717) is 5.92 Å². The van der Waals surface area contributed by atoms with E-state index < -0.39 is 17.3 Å². The highest BCUT2D eigenvalue weighted by molar-refractivity contribution is 6.05. The maximum atomic E-state index is 13.5. The molecule has 3 amide bonds. The standard InChI is InChI=1S/C18H24FN3O3/c1-10-7-12(10)17(25)21-14-6-5-11(19)8-13(14)16(24)20-9-15(23)22-18(2,3)4/h5-6,8,10,12H,7,9H2,1-4H3,(H,20,24)(H,21,25)(H,22,23)/t10-,12-/m0/s1. The van der Waals surface area contributed by atoms with Crippen molar-refractivity contribution in [3.05, 3.63) is 29.6 Å². The second-order valence-corrected chi connectivity index (χ2v) is 7.48. The van der Waals surface area contributed by atoms with E-state index >= 15 is 0 Å². The van der Waals surface area contributed by atoms with Crippen LogP contribution in [0.3, 0.4) is 0 Å². The van der Waals surface area contributed by atoms with Crippen molar-refractivity contribution in [1.82, 2.24) is 10.6 Å². The first-order chi connectivity index (χ1) is 11.6. The minimum atomic E-state index is -0.622. The van der Waals surface area contributed by atoms with Gasteiger partial charge in [-0.2, -0.15) is 0 Å². The third-order valence-electron chi connectivity index (χ3n) is 3.85. The molecule has 1 aliphatic rings. The molecule has 1 aliphatic carbocycles. The first-order valence-electron chi connectivity index (χ1n) is 8.26. The van der Waals surface area contributed by atoms with Crippen molar-refractivity contribution in [3.63, 3.8) is 0 Å². The number of carbonyl (C=O) groups excluding carboxylic acids is 3. The van der Waals surface area contributed by atoms with Crippen LogP contribution in [-0.4, -0.2) is 29.8 Å². The van der Waals surface area contributed by atoms with Crippen LogP contribution >= 0.6 is 0 Å². The number of carbonyl (C=O) groups is 3. The zero-order chi connectivity index (χ0) is 18.8. The van der Waals surface area contributed by atoms with Crippen molar-refractivity contribution in [2.24, 2.45) is 11.8 Å². The lowest BCUT2D eigenvalue weighted by Crippen LogP contribution is -2.45. The van der Waals surface area contributed by atoms with Crippen LogP contribution in [0.2, 0.25) is 0 Å². The first kappa shape index (κ1) is 18.9. The molecule has 0 heterocycles. The summed E-state index contributed by atoms with van der Waals surface area (Å²) in [6.07, 6.45) is 0.807. The molecule has 7 heteroatoms. The molecule has 3 N–H and O–H groups in total. The van der Waals surface area contributed by atoms with Gasteiger partial charge in [0.05, 0.1) is 17.8 Å². The number of amides is 3. The number of hydrogen-bond acceptors (Lipinski definition) is 3. The van der Waals surface area contributed by atoms with Crippen molar-refractivity contribution in [1.29, 1.82) is 0 Å². The molecule has 0 unspecified atom stereocenters. The summed E-state index contributed by atoms with van der Waals surface area (Å²) in [6.45, 7) is 7.21. The molecule has 2 atom stereocenters. The molecule has 2 rings (SSSR count). The topological polar surface area (TPSA) is 87.3 Å². The molecule has 1 aromatic carbocycles. The minimum Gasteiger partial charge on any atom is -0.350 e. The number of hydrogen-bond donors (Lipinski definition) is 3. The van der Waals surface area contributed by atoms with E-state index in [1.807, 2.05) is 27.7 Å². The molecule has 136 valence electrons. The molecule has 1 fully saturated rings. The summed E-state index contributed by atoms with van der Waals surface area (Å²) in [7, 11) is 0. The van der Waals surface area contributed by atoms with Crippen LogP contribution in [0.25, 0.3) is 0 Å². The molecular weight excluding hydrogens is 325 g/mol. The Balaban J connectivity index is 2.04. The van der Waals surface area contributed by atoms with Crippen LogP contribution in [0, 0.1) is 17.7 Å². The Bertz CT molecular complexity index is 697. The Morgan fingerprint density at radius 1 is 1.24 bits per heavy atom. The Morgan fingerprint density at radius 3 is 2.44 bits per heavy atom. The molecule has 1 aromatic rings. The van der Waals surface area contributed by atoms with Crippen LogP contribution < -0.4 is 16.0 Å². The maximum Gasteiger partial charge on any atom is 0.253 e. The van der Waals surface area contributed by atoms with Crippen LogP contribution in [0.15, 0.2) is 18.2 Å². The van der Waals surface area contributed by atoms with Gasteiger partial charge in [-0.3, -0.25) is 14.4 Å². The third-order valence-corrected chi connectivity index (χ3v) is 3.85. The molecule has 1 saturated carbocycles. The van der Waals surface area contributed by atoms with Crippen molar-refractivity contribution in [3.8, 4) is 0 Å². The lowest BCUT2D eigenvalue weighted by molar-refractivity contribution is -0.121. The van der Waals surface area contributed by atoms with Crippen molar-refractivity contribution >= 4 is 23.4 Å². The van der Waals surface area contributed by atoms with E-state index in [1.165, 1.54) is 12.1 Å². The minimum absolute atomic E-state index is 0.00906. The number of benzene rings is 1. The van der Waals surface area contributed by atoms with Gasteiger partial charge in [0.2, 0.25) is 11.8 Å². The van der Waals surface area contributed by atoms with Crippen molar-refractivity contribution in [2.75, 3.05) is 11.9 Å². The lowest BCUT2D eigenvalue weighted by atomic mass is 10.1. The van der Waals surface area contributed by atoms with Crippen LogP contribution in [0.5, 0.6) is 0 Å². The quantitative estimate of drug-likeness (QED) is 0.760. The van der Waals surface area contributed by atoms with E-state index in [-0.39, 0.29) is 35.5 Å². The molecule has 0 spiro atoms. The molecular formula is C18H24FN3O3. The van der Waals surface area contributed by atoms with Gasteiger partial charge in [0.1, 0.15) is 5.82 Å². The largest absolute Gasteiger partial charge is 0.350 e. The molecule has 0 bridgehead atoms. The molecule has 0 aliphatic heterocycles. The average Bonchev–Trinajstić information content (AvgIpc) is 3.22. The van der Waals surface area contributed by atoms with Crippen molar-refractivity contribution in [2.45, 2.75) is 39.7 Å². The number of nitrogens with one attached hydrogen (secondary N) is 3. The van der Waals surface area contributed by atoms with Gasteiger partial charge in [0.15, 0.2) is 0 Å². The number of halogens is 1. The number of anilines is 1. The summed E-state index contributed by atoms with van der Waals surface area (Å²) in [6, 6.07) is 3.57. The Kier molecular flexibility index (Phi) is 5.45. The maximum absolute atomic E-state index is 13.5. The molecule has 0 saturated heterocycles. The Morgan fingerprint density at radius 2 is 1.88 bits per heavy atom. The predicted molar refractivity (Wildman–Crippen MR) is 92.5 cm³/mol. The Labute approximate surface area is 146 Å². The highest BCUT2D eigenvalue weighted by Crippen LogP contribution is 2.38. The summed E-state index contributed by atoms with van der Waals surface area (Å²) in [4.78, 5) is 36.2. The first-order valence-corrected chi connectivity index (χ1v) is 8.26. The van der Waals surface area contributed by atoms with Gasteiger partial charge in [0.25, 0.3) is 5.91 Å². The van der Waals surface area contributed by atoms with Crippen LogP contribution in [-0.2, 0) is 9.59 Å². The van der Waals surface area contributed by atoms with Gasteiger partial charge < -0.3 is 16.0 Å². The average molecular weight is 349 g/mol. The predicted octanol–water partition coefficient (Wildman–Crippen LogP) is 2.06. The summed E-state index contributed by atoms with van der Waals surface area (Å²) in [5, 5.41) is 7.83. The van der Waals surface area contributed by atoms with Gasteiger partial charge >= 0.3 is 0 Å². The zero-order valence-corrected chi connectivity index (χ0v) is 14.9. The Hall–Kier alpha value is -2.44.